The van der Waals surface area contributed by atoms with Crippen LogP contribution in [0.4, 0.5) is 8.78 Å². The average Bonchev–Trinajstić information content (AvgIpc) is 2.39. The summed E-state index contributed by atoms with van der Waals surface area (Å²) >= 11 is 1.92. The molecule has 0 radical (unpaired) electrons. The molecule has 0 aliphatic heterocycles. The molecule has 0 N–H and O–H groups in total. The van der Waals surface area contributed by atoms with Crippen molar-refractivity contribution in [2.24, 2.45) is 0 Å². The minimum Gasteiger partial charge on any atom is -0.282 e. The molecule has 7 heteroatoms. The van der Waals surface area contributed by atoms with E-state index in [1.165, 1.54) is 6.33 Å². The normalized spacial score (nSPS) is 19.1. The summed E-state index contributed by atoms with van der Waals surface area (Å²) in [5.41, 5.74) is 0.732. The molecule has 1 aromatic heterocycles. The quantitative estimate of drug-likeness (QED) is 0.598. The number of amides is 1. The van der Waals surface area contributed by atoms with E-state index in [9.17, 15) is 13.6 Å². The van der Waals surface area contributed by atoms with Gasteiger partial charge in [0, 0.05) is 31.3 Å². The predicted molar refractivity (Wildman–Crippen MR) is 73.8 cm³/mol. The fraction of sp³-hybridized carbons (Fsp3) is 0.583. The van der Waals surface area contributed by atoms with E-state index < -0.39 is 5.92 Å². The van der Waals surface area contributed by atoms with Crippen molar-refractivity contribution < 1.29 is 13.6 Å². The van der Waals surface area contributed by atoms with Gasteiger partial charge in [-0.2, -0.15) is 0 Å². The Morgan fingerprint density at radius 2 is 1.95 bits per heavy atom. The van der Waals surface area contributed by atoms with Crippen LogP contribution in [0.15, 0.2) is 18.7 Å². The van der Waals surface area contributed by atoms with Crippen molar-refractivity contribution >= 4 is 28.8 Å². The van der Waals surface area contributed by atoms with Crippen LogP contribution in [0.25, 0.3) is 0 Å². The van der Waals surface area contributed by atoms with Crippen LogP contribution in [0.2, 0.25) is 0 Å². The molecule has 1 aliphatic rings. The third-order valence-electron chi connectivity index (χ3n) is 3.21. The number of hydrogen-bond donors (Lipinski definition) is 0. The summed E-state index contributed by atoms with van der Waals surface area (Å²) in [5.74, 6) is -2.66. The zero-order valence-corrected chi connectivity index (χ0v) is 12.4. The summed E-state index contributed by atoms with van der Waals surface area (Å²) in [5, 5.41) is 0. The third-order valence-corrected chi connectivity index (χ3v) is 4.54. The predicted octanol–water partition coefficient (Wildman–Crippen LogP) is 2.78. The van der Waals surface area contributed by atoms with Gasteiger partial charge in [0.05, 0.1) is 29.3 Å². The zero-order valence-electron chi connectivity index (χ0n) is 10.2. The van der Waals surface area contributed by atoms with Gasteiger partial charge in [0.1, 0.15) is 6.33 Å². The smallest absolute Gasteiger partial charge is 0.248 e. The van der Waals surface area contributed by atoms with Gasteiger partial charge in [0.25, 0.3) is 0 Å². The fourth-order valence-electron chi connectivity index (χ4n) is 2.13. The maximum absolute atomic E-state index is 13.1. The zero-order chi connectivity index (χ0) is 13.9. The molecule has 2 rings (SSSR count). The Morgan fingerprint density at radius 1 is 1.37 bits per heavy atom. The first-order chi connectivity index (χ1) is 8.98. The molecule has 4 nitrogen and oxygen atoms in total. The Bertz CT molecular complexity index is 434. The lowest BCUT2D eigenvalue weighted by Crippen LogP contribution is -2.39. The molecule has 0 saturated heterocycles. The summed E-state index contributed by atoms with van der Waals surface area (Å²) in [7, 11) is 0. The second-order valence-electron chi connectivity index (χ2n) is 4.72. The maximum Gasteiger partial charge on any atom is 0.248 e. The van der Waals surface area contributed by atoms with E-state index in [2.05, 4.69) is 9.97 Å². The molecule has 19 heavy (non-hydrogen) atoms. The van der Waals surface area contributed by atoms with Crippen molar-refractivity contribution in [1.29, 1.82) is 0 Å². The summed E-state index contributed by atoms with van der Waals surface area (Å²) in [4.78, 5) is 19.7. The number of nitrogens with zero attached hydrogens (tertiary/aromatic N) is 3. The summed E-state index contributed by atoms with van der Waals surface area (Å²) in [6, 6.07) is -0.0997. The van der Waals surface area contributed by atoms with Gasteiger partial charge in [-0.05, 0) is 18.4 Å². The SMILES string of the molecule is O=C(Cc1cncnc1)N(I)C1CCC(F)(F)CC1. The molecule has 1 aliphatic carbocycles. The van der Waals surface area contributed by atoms with Crippen LogP contribution in [0.1, 0.15) is 31.2 Å². The largest absolute Gasteiger partial charge is 0.282 e. The lowest BCUT2D eigenvalue weighted by molar-refractivity contribution is -0.127. The van der Waals surface area contributed by atoms with Crippen LogP contribution in [0.3, 0.4) is 0 Å². The highest BCUT2D eigenvalue weighted by Gasteiger charge is 2.37. The molecule has 104 valence electrons. The van der Waals surface area contributed by atoms with Crippen molar-refractivity contribution in [2.45, 2.75) is 44.1 Å². The van der Waals surface area contributed by atoms with E-state index in [-0.39, 0.29) is 31.2 Å². The van der Waals surface area contributed by atoms with Gasteiger partial charge >= 0.3 is 0 Å². The number of rotatable bonds is 3. The van der Waals surface area contributed by atoms with E-state index in [4.69, 9.17) is 0 Å². The topological polar surface area (TPSA) is 46.1 Å². The molecule has 0 bridgehead atoms. The highest BCUT2D eigenvalue weighted by atomic mass is 127. The number of carbonyl (C=O) groups excluding carboxylic acids is 1. The molecule has 0 aromatic carbocycles. The van der Waals surface area contributed by atoms with E-state index in [1.807, 2.05) is 22.9 Å². The molecular formula is C12H14F2IN3O. The van der Waals surface area contributed by atoms with Gasteiger partial charge < -0.3 is 0 Å². The first-order valence-electron chi connectivity index (χ1n) is 6.07. The van der Waals surface area contributed by atoms with Crippen LogP contribution < -0.4 is 0 Å². The second-order valence-corrected chi connectivity index (χ2v) is 5.76. The van der Waals surface area contributed by atoms with Gasteiger partial charge in [0.2, 0.25) is 11.8 Å². The molecule has 1 amide bonds. The molecule has 1 heterocycles. The van der Waals surface area contributed by atoms with Crippen molar-refractivity contribution in [1.82, 2.24) is 13.1 Å². The lowest BCUT2D eigenvalue weighted by atomic mass is 9.92. The van der Waals surface area contributed by atoms with Crippen LogP contribution >= 0.6 is 22.9 Å². The van der Waals surface area contributed by atoms with Crippen molar-refractivity contribution in [3.05, 3.63) is 24.3 Å². The average molecular weight is 381 g/mol. The van der Waals surface area contributed by atoms with Gasteiger partial charge in [0.15, 0.2) is 0 Å². The van der Waals surface area contributed by atoms with Crippen LogP contribution in [-0.2, 0) is 11.2 Å². The van der Waals surface area contributed by atoms with Gasteiger partial charge in [-0.15, -0.1) is 0 Å². The Labute approximate surface area is 124 Å². The van der Waals surface area contributed by atoms with Gasteiger partial charge in [-0.3, -0.25) is 7.91 Å². The minimum atomic E-state index is -2.57. The fourth-order valence-corrected chi connectivity index (χ4v) is 2.85. The Kier molecular flexibility index (Phi) is 4.64. The number of aromatic nitrogens is 2. The Hall–Kier alpha value is -0.860. The molecule has 0 atom stereocenters. The number of alkyl halides is 2. The van der Waals surface area contributed by atoms with Crippen LogP contribution in [0, 0.1) is 0 Å². The monoisotopic (exact) mass is 381 g/mol. The minimum absolute atomic E-state index is 0.0920. The first-order valence-corrected chi connectivity index (χ1v) is 7.04. The Balaban J connectivity index is 1.89. The Morgan fingerprint density at radius 3 is 2.53 bits per heavy atom. The number of halogens is 3. The van der Waals surface area contributed by atoms with E-state index in [0.717, 1.165) is 5.56 Å². The maximum atomic E-state index is 13.1. The van der Waals surface area contributed by atoms with Gasteiger partial charge in [-0.25, -0.2) is 18.7 Å². The molecule has 0 unspecified atom stereocenters. The van der Waals surface area contributed by atoms with Crippen molar-refractivity contribution in [2.75, 3.05) is 0 Å². The standard InChI is InChI=1S/C12H14F2IN3O/c13-12(14)3-1-10(2-4-12)18(15)11(19)5-9-6-16-8-17-7-9/h6-8,10H,1-5H2. The van der Waals surface area contributed by atoms with E-state index in [0.29, 0.717) is 12.8 Å². The molecule has 0 spiro atoms. The number of hydrogen-bond acceptors (Lipinski definition) is 3. The van der Waals surface area contributed by atoms with Crippen LogP contribution in [-0.4, -0.2) is 31.0 Å². The van der Waals surface area contributed by atoms with Crippen molar-refractivity contribution in [3.63, 3.8) is 0 Å². The molecule has 1 fully saturated rings. The number of carbonyl (C=O) groups is 1. The van der Waals surface area contributed by atoms with Crippen molar-refractivity contribution in [3.8, 4) is 0 Å². The highest BCUT2D eigenvalue weighted by molar-refractivity contribution is 14.1. The highest BCUT2D eigenvalue weighted by Crippen LogP contribution is 2.36. The van der Waals surface area contributed by atoms with Gasteiger partial charge in [-0.1, -0.05) is 0 Å². The summed E-state index contributed by atoms with van der Waals surface area (Å²) < 4.78 is 27.7. The van der Waals surface area contributed by atoms with E-state index in [1.54, 1.807) is 15.5 Å². The van der Waals surface area contributed by atoms with E-state index >= 15 is 0 Å². The van der Waals surface area contributed by atoms with Crippen LogP contribution in [0.5, 0.6) is 0 Å². The first kappa shape index (κ1) is 14.5. The molecular weight excluding hydrogens is 367 g/mol. The molecule has 1 aromatic rings. The third kappa shape index (κ3) is 4.05. The summed E-state index contributed by atoms with van der Waals surface area (Å²) in [6.07, 6.45) is 5.21. The summed E-state index contributed by atoms with van der Waals surface area (Å²) in [6.45, 7) is 0. The molecule has 1 saturated carbocycles. The second kappa shape index (κ2) is 6.06. The lowest BCUT2D eigenvalue weighted by Gasteiger charge is -2.33.